The maximum atomic E-state index is 11.4. The van der Waals surface area contributed by atoms with Crippen LogP contribution in [0.4, 0.5) is 11.4 Å². The van der Waals surface area contributed by atoms with E-state index in [1.165, 1.54) is 31.4 Å². The van der Waals surface area contributed by atoms with Crippen molar-refractivity contribution in [2.45, 2.75) is 30.2 Å². The average Bonchev–Trinajstić information content (AvgIpc) is 2.94. The summed E-state index contributed by atoms with van der Waals surface area (Å²) >= 11 is 0. The van der Waals surface area contributed by atoms with Crippen molar-refractivity contribution in [3.63, 3.8) is 0 Å². The molecule has 4 unspecified atom stereocenters. The minimum Gasteiger partial charge on any atom is -0.362 e. The lowest BCUT2D eigenvalue weighted by Gasteiger charge is -2.51. The van der Waals surface area contributed by atoms with E-state index in [0.717, 1.165) is 18.5 Å². The summed E-state index contributed by atoms with van der Waals surface area (Å²) < 4.78 is 22.8. The van der Waals surface area contributed by atoms with Gasteiger partial charge in [0.15, 0.2) is 0 Å². The fourth-order valence-electron chi connectivity index (χ4n) is 4.66. The van der Waals surface area contributed by atoms with E-state index in [4.69, 9.17) is 5.14 Å². The second kappa shape index (κ2) is 4.42. The van der Waals surface area contributed by atoms with E-state index in [2.05, 4.69) is 4.90 Å². The Balaban J connectivity index is 1.72. The first-order valence-corrected chi connectivity index (χ1v) is 8.99. The van der Waals surface area contributed by atoms with Crippen LogP contribution in [0, 0.1) is 27.9 Å². The molecule has 4 atom stereocenters. The van der Waals surface area contributed by atoms with Gasteiger partial charge in [-0.15, -0.1) is 0 Å². The second-order valence-electron chi connectivity index (χ2n) is 6.59. The summed E-state index contributed by atoms with van der Waals surface area (Å²) in [6.45, 7) is 0.835. The summed E-state index contributed by atoms with van der Waals surface area (Å²) in [5.74, 6) is 2.05. The van der Waals surface area contributed by atoms with E-state index in [1.54, 1.807) is 0 Å². The van der Waals surface area contributed by atoms with Crippen LogP contribution in [-0.2, 0) is 10.0 Å². The van der Waals surface area contributed by atoms with Gasteiger partial charge in [-0.2, -0.15) is 0 Å². The lowest BCUT2D eigenvalue weighted by atomic mass is 9.76. The molecular formula is C14H17N3O4S. The van der Waals surface area contributed by atoms with Crippen molar-refractivity contribution in [1.82, 2.24) is 0 Å². The van der Waals surface area contributed by atoms with Gasteiger partial charge in [0.1, 0.15) is 5.69 Å². The molecule has 2 bridgehead atoms. The largest absolute Gasteiger partial charge is 0.362 e. The molecule has 1 saturated heterocycles. The molecule has 1 aromatic carbocycles. The molecule has 0 spiro atoms. The van der Waals surface area contributed by atoms with Crippen LogP contribution < -0.4 is 10.0 Å². The molecule has 7 nitrogen and oxygen atoms in total. The predicted octanol–water partition coefficient (Wildman–Crippen LogP) is 1.48. The number of nitro benzene ring substituents is 1. The number of nitrogens with zero attached hydrogens (tertiary/aromatic N) is 2. The Bertz CT molecular complexity index is 761. The number of sulfonamides is 1. The summed E-state index contributed by atoms with van der Waals surface area (Å²) in [7, 11) is -3.94. The molecule has 0 amide bonds. The molecule has 4 rings (SSSR count). The maximum absolute atomic E-state index is 11.4. The van der Waals surface area contributed by atoms with Gasteiger partial charge in [-0.05, 0) is 49.1 Å². The standard InChI is InChI=1S/C14H17N3O4S/c15-22(20,21)10-3-4-12(13(6-10)17(18)19)16-7-11-8-1-2-9(5-8)14(11)16/h3-4,6,8-9,11,14H,1-2,5,7H2,(H2,15,20,21). The molecule has 22 heavy (non-hydrogen) atoms. The van der Waals surface area contributed by atoms with Crippen LogP contribution in [0.1, 0.15) is 19.3 Å². The number of nitro groups is 1. The number of rotatable bonds is 3. The SMILES string of the molecule is NS(=O)(=O)c1ccc(N2CC3C4CCC(C4)C32)c([N+](=O)[O-])c1. The Labute approximate surface area is 128 Å². The lowest BCUT2D eigenvalue weighted by molar-refractivity contribution is -0.384. The molecular weight excluding hydrogens is 306 g/mol. The van der Waals surface area contributed by atoms with Crippen LogP contribution in [-0.4, -0.2) is 25.9 Å². The highest BCUT2D eigenvalue weighted by atomic mass is 32.2. The van der Waals surface area contributed by atoms with Gasteiger partial charge in [0, 0.05) is 18.7 Å². The van der Waals surface area contributed by atoms with Crippen LogP contribution in [0.3, 0.4) is 0 Å². The van der Waals surface area contributed by atoms with Gasteiger partial charge in [0.25, 0.3) is 5.69 Å². The first-order chi connectivity index (χ1) is 10.4. The normalized spacial score (nSPS) is 32.7. The quantitative estimate of drug-likeness (QED) is 0.669. The van der Waals surface area contributed by atoms with Gasteiger partial charge >= 0.3 is 0 Å². The second-order valence-corrected chi connectivity index (χ2v) is 8.15. The summed E-state index contributed by atoms with van der Waals surface area (Å²) in [6, 6.07) is 4.35. The van der Waals surface area contributed by atoms with Crippen LogP contribution in [0.2, 0.25) is 0 Å². The molecule has 3 aliphatic rings. The first-order valence-electron chi connectivity index (χ1n) is 7.44. The van der Waals surface area contributed by atoms with Gasteiger partial charge in [0.05, 0.1) is 9.82 Å². The van der Waals surface area contributed by atoms with E-state index in [1.807, 2.05) is 0 Å². The third-order valence-electron chi connectivity index (χ3n) is 5.59. The number of hydrogen-bond donors (Lipinski definition) is 1. The molecule has 8 heteroatoms. The first kappa shape index (κ1) is 14.0. The van der Waals surface area contributed by atoms with Gasteiger partial charge in [-0.1, -0.05) is 0 Å². The molecule has 2 saturated carbocycles. The number of nitrogens with two attached hydrogens (primary N) is 1. The molecule has 0 radical (unpaired) electrons. The van der Waals surface area contributed by atoms with Crippen LogP contribution in [0.25, 0.3) is 0 Å². The molecule has 118 valence electrons. The Morgan fingerprint density at radius 2 is 2.00 bits per heavy atom. The van der Waals surface area contributed by atoms with E-state index in [0.29, 0.717) is 23.6 Å². The van der Waals surface area contributed by atoms with Crippen LogP contribution >= 0.6 is 0 Å². The van der Waals surface area contributed by atoms with E-state index in [-0.39, 0.29) is 10.6 Å². The number of primary sulfonamides is 1. The topological polar surface area (TPSA) is 107 Å². The smallest absolute Gasteiger partial charge is 0.293 e. The third kappa shape index (κ3) is 1.87. The summed E-state index contributed by atoms with van der Waals surface area (Å²) in [4.78, 5) is 12.7. The average molecular weight is 323 g/mol. The van der Waals surface area contributed by atoms with Crippen molar-refractivity contribution < 1.29 is 13.3 Å². The zero-order valence-electron chi connectivity index (χ0n) is 11.9. The summed E-state index contributed by atoms with van der Waals surface area (Å²) in [6.07, 6.45) is 3.71. The number of hydrogen-bond acceptors (Lipinski definition) is 5. The Hall–Kier alpha value is -1.67. The van der Waals surface area contributed by atoms with E-state index < -0.39 is 14.9 Å². The van der Waals surface area contributed by atoms with Crippen molar-refractivity contribution in [3.05, 3.63) is 28.3 Å². The van der Waals surface area contributed by atoms with Crippen LogP contribution in [0.15, 0.2) is 23.1 Å². The van der Waals surface area contributed by atoms with Gasteiger partial charge in [-0.3, -0.25) is 10.1 Å². The van der Waals surface area contributed by atoms with Crippen LogP contribution in [0.5, 0.6) is 0 Å². The summed E-state index contributed by atoms with van der Waals surface area (Å²) in [5, 5.41) is 16.4. The van der Waals surface area contributed by atoms with Crippen molar-refractivity contribution >= 4 is 21.4 Å². The van der Waals surface area contributed by atoms with E-state index in [9.17, 15) is 18.5 Å². The lowest BCUT2D eigenvalue weighted by Crippen LogP contribution is -2.59. The molecule has 3 fully saturated rings. The van der Waals surface area contributed by atoms with Crippen molar-refractivity contribution in [2.24, 2.45) is 22.9 Å². The fourth-order valence-corrected chi connectivity index (χ4v) is 5.20. The molecule has 1 aromatic rings. The van der Waals surface area contributed by atoms with E-state index >= 15 is 0 Å². The summed E-state index contributed by atoms with van der Waals surface area (Å²) in [5.41, 5.74) is 0.346. The highest BCUT2D eigenvalue weighted by Gasteiger charge is 2.57. The zero-order chi connectivity index (χ0) is 15.6. The predicted molar refractivity (Wildman–Crippen MR) is 79.9 cm³/mol. The number of benzene rings is 1. The highest BCUT2D eigenvalue weighted by molar-refractivity contribution is 7.89. The maximum Gasteiger partial charge on any atom is 0.293 e. The van der Waals surface area contributed by atoms with Crippen molar-refractivity contribution in [2.75, 3.05) is 11.4 Å². The number of anilines is 1. The molecule has 2 N–H and O–H groups in total. The zero-order valence-corrected chi connectivity index (χ0v) is 12.7. The minimum absolute atomic E-state index is 0.173. The van der Waals surface area contributed by atoms with Crippen molar-refractivity contribution in [3.8, 4) is 0 Å². The number of fused-ring (bicyclic) bond motifs is 5. The molecule has 1 heterocycles. The van der Waals surface area contributed by atoms with Gasteiger partial charge in [0.2, 0.25) is 10.0 Å². The molecule has 0 aromatic heterocycles. The Morgan fingerprint density at radius 3 is 2.64 bits per heavy atom. The van der Waals surface area contributed by atoms with Crippen molar-refractivity contribution in [1.29, 1.82) is 0 Å². The highest BCUT2D eigenvalue weighted by Crippen LogP contribution is 2.57. The third-order valence-corrected chi connectivity index (χ3v) is 6.50. The Kier molecular flexibility index (Phi) is 2.80. The monoisotopic (exact) mass is 323 g/mol. The fraction of sp³-hybridized carbons (Fsp3) is 0.571. The molecule has 2 aliphatic carbocycles. The van der Waals surface area contributed by atoms with Gasteiger partial charge in [-0.25, -0.2) is 13.6 Å². The minimum atomic E-state index is -3.94. The Morgan fingerprint density at radius 1 is 1.27 bits per heavy atom. The molecule has 1 aliphatic heterocycles. The van der Waals surface area contributed by atoms with Gasteiger partial charge < -0.3 is 4.90 Å².